The van der Waals surface area contributed by atoms with E-state index in [0.29, 0.717) is 0 Å². The summed E-state index contributed by atoms with van der Waals surface area (Å²) in [4.78, 5) is 6.88. The maximum absolute atomic E-state index is 5.46. The van der Waals surface area contributed by atoms with E-state index in [0.717, 1.165) is 41.1 Å². The quantitative estimate of drug-likeness (QED) is 0.724. The molecule has 3 aromatic rings. The molecule has 0 aliphatic rings. The number of para-hydroxylation sites is 1. The Labute approximate surface area is 136 Å². The van der Waals surface area contributed by atoms with Gasteiger partial charge in [-0.2, -0.15) is 5.10 Å². The van der Waals surface area contributed by atoms with Crippen LogP contribution < -0.4 is 9.64 Å². The van der Waals surface area contributed by atoms with Gasteiger partial charge in [0.1, 0.15) is 11.3 Å². The van der Waals surface area contributed by atoms with Crippen LogP contribution in [0.4, 0.5) is 5.69 Å². The van der Waals surface area contributed by atoms with Crippen molar-refractivity contribution in [1.29, 1.82) is 0 Å². The topological polar surface area (TPSA) is 43.2 Å². The molecule has 0 aliphatic heterocycles. The fourth-order valence-electron chi connectivity index (χ4n) is 2.83. The minimum Gasteiger partial charge on any atom is -0.494 e. The number of aromatic nitrogens is 3. The molecule has 0 radical (unpaired) electrons. The van der Waals surface area contributed by atoms with E-state index in [9.17, 15) is 0 Å². The van der Waals surface area contributed by atoms with E-state index in [2.05, 4.69) is 47.3 Å². The molecule has 0 spiro atoms. The normalized spacial score (nSPS) is 11.0. The molecule has 23 heavy (non-hydrogen) atoms. The van der Waals surface area contributed by atoms with Crippen molar-refractivity contribution >= 4 is 16.6 Å². The lowest BCUT2D eigenvalue weighted by molar-refractivity contribution is 0.419. The highest BCUT2D eigenvalue weighted by Crippen LogP contribution is 2.32. The van der Waals surface area contributed by atoms with Gasteiger partial charge in [0.05, 0.1) is 13.3 Å². The van der Waals surface area contributed by atoms with E-state index < -0.39 is 0 Å². The van der Waals surface area contributed by atoms with Crippen LogP contribution in [0.15, 0.2) is 36.7 Å². The second kappa shape index (κ2) is 6.28. The van der Waals surface area contributed by atoms with Crippen LogP contribution in [0.25, 0.3) is 10.9 Å². The number of anilines is 1. The van der Waals surface area contributed by atoms with Gasteiger partial charge in [0, 0.05) is 48.7 Å². The molecule has 5 heteroatoms. The van der Waals surface area contributed by atoms with Crippen LogP contribution in [0.3, 0.4) is 0 Å². The second-order valence-electron chi connectivity index (χ2n) is 5.70. The predicted molar refractivity (Wildman–Crippen MR) is 93.0 cm³/mol. The highest BCUT2D eigenvalue weighted by molar-refractivity contribution is 5.95. The van der Waals surface area contributed by atoms with Gasteiger partial charge >= 0.3 is 0 Å². The number of nitrogens with zero attached hydrogens (tertiary/aromatic N) is 4. The third kappa shape index (κ3) is 2.99. The van der Waals surface area contributed by atoms with Gasteiger partial charge in [-0.1, -0.05) is 12.1 Å². The van der Waals surface area contributed by atoms with Crippen molar-refractivity contribution in [2.75, 3.05) is 19.1 Å². The Hall–Kier alpha value is -2.56. The first kappa shape index (κ1) is 15.3. The molecule has 0 saturated heterocycles. The summed E-state index contributed by atoms with van der Waals surface area (Å²) >= 11 is 0. The van der Waals surface area contributed by atoms with Crippen molar-refractivity contribution in [2.24, 2.45) is 0 Å². The van der Waals surface area contributed by atoms with E-state index in [-0.39, 0.29) is 0 Å². The second-order valence-corrected chi connectivity index (χ2v) is 5.70. The minimum absolute atomic E-state index is 0.801. The number of hydrogen-bond donors (Lipinski definition) is 0. The van der Waals surface area contributed by atoms with Crippen LogP contribution in [0.1, 0.15) is 18.2 Å². The maximum Gasteiger partial charge on any atom is 0.145 e. The number of fused-ring (bicyclic) bond motifs is 1. The molecular formula is C18H22N4O. The fraction of sp³-hybridized carbons (Fsp3) is 0.333. The first-order valence-electron chi connectivity index (χ1n) is 7.79. The molecule has 0 unspecified atom stereocenters. The van der Waals surface area contributed by atoms with Gasteiger partial charge in [-0.25, -0.2) is 4.98 Å². The number of pyridine rings is 1. The minimum atomic E-state index is 0.801. The monoisotopic (exact) mass is 310 g/mol. The fourth-order valence-corrected chi connectivity index (χ4v) is 2.83. The van der Waals surface area contributed by atoms with Gasteiger partial charge in [0.25, 0.3) is 0 Å². The van der Waals surface area contributed by atoms with Crippen molar-refractivity contribution < 1.29 is 4.74 Å². The Morgan fingerprint density at radius 1 is 1.30 bits per heavy atom. The average molecular weight is 310 g/mol. The number of ether oxygens (including phenoxy) is 1. The van der Waals surface area contributed by atoms with Crippen molar-refractivity contribution in [1.82, 2.24) is 14.8 Å². The number of methoxy groups -OCH3 is 1. The Bertz CT molecular complexity index is 825. The summed E-state index contributed by atoms with van der Waals surface area (Å²) in [5.41, 5.74) is 4.23. The molecule has 0 fully saturated rings. The van der Waals surface area contributed by atoms with E-state index in [1.165, 1.54) is 5.56 Å². The molecule has 0 saturated carbocycles. The van der Waals surface area contributed by atoms with E-state index in [1.807, 2.05) is 29.9 Å². The SMILES string of the molecule is CCn1cc(CN(C)c2cc(C)nc3c(OC)cccc23)cn1. The third-order valence-electron chi connectivity index (χ3n) is 3.97. The van der Waals surface area contributed by atoms with Crippen LogP contribution in [0.5, 0.6) is 5.75 Å². The van der Waals surface area contributed by atoms with E-state index in [4.69, 9.17) is 4.74 Å². The van der Waals surface area contributed by atoms with E-state index >= 15 is 0 Å². The molecule has 1 aromatic carbocycles. The lowest BCUT2D eigenvalue weighted by Gasteiger charge is -2.21. The summed E-state index contributed by atoms with van der Waals surface area (Å²) < 4.78 is 7.41. The van der Waals surface area contributed by atoms with Crippen LogP contribution in [-0.2, 0) is 13.1 Å². The Morgan fingerprint density at radius 2 is 2.13 bits per heavy atom. The lowest BCUT2D eigenvalue weighted by Crippen LogP contribution is -2.17. The molecule has 5 nitrogen and oxygen atoms in total. The maximum atomic E-state index is 5.46. The highest BCUT2D eigenvalue weighted by Gasteiger charge is 2.12. The smallest absolute Gasteiger partial charge is 0.145 e. The summed E-state index contributed by atoms with van der Waals surface area (Å²) in [6.45, 7) is 5.79. The zero-order chi connectivity index (χ0) is 16.4. The summed E-state index contributed by atoms with van der Waals surface area (Å²) in [5, 5.41) is 5.44. The summed E-state index contributed by atoms with van der Waals surface area (Å²) in [5.74, 6) is 0.805. The summed E-state index contributed by atoms with van der Waals surface area (Å²) in [6, 6.07) is 8.16. The molecule has 0 N–H and O–H groups in total. The van der Waals surface area contributed by atoms with Gasteiger partial charge < -0.3 is 9.64 Å². The number of rotatable bonds is 5. The Kier molecular flexibility index (Phi) is 4.19. The van der Waals surface area contributed by atoms with Gasteiger partial charge in [-0.05, 0) is 26.0 Å². The average Bonchev–Trinajstić information content (AvgIpc) is 3.01. The molecule has 120 valence electrons. The van der Waals surface area contributed by atoms with Crippen molar-refractivity contribution in [2.45, 2.75) is 26.9 Å². The predicted octanol–water partition coefficient (Wildman–Crippen LogP) is 3.40. The molecule has 2 aromatic heterocycles. The summed E-state index contributed by atoms with van der Waals surface area (Å²) in [7, 11) is 3.78. The van der Waals surface area contributed by atoms with Crippen molar-refractivity contribution in [3.63, 3.8) is 0 Å². The van der Waals surface area contributed by atoms with Crippen molar-refractivity contribution in [3.8, 4) is 5.75 Å². The molecular weight excluding hydrogens is 288 g/mol. The Morgan fingerprint density at radius 3 is 2.83 bits per heavy atom. The van der Waals surface area contributed by atoms with Gasteiger partial charge in [0.15, 0.2) is 0 Å². The third-order valence-corrected chi connectivity index (χ3v) is 3.97. The van der Waals surface area contributed by atoms with Gasteiger partial charge in [0.2, 0.25) is 0 Å². The van der Waals surface area contributed by atoms with Crippen LogP contribution in [0.2, 0.25) is 0 Å². The zero-order valence-corrected chi connectivity index (χ0v) is 14.1. The highest BCUT2D eigenvalue weighted by atomic mass is 16.5. The molecule has 0 aliphatic carbocycles. The first-order valence-corrected chi connectivity index (χ1v) is 7.79. The van der Waals surface area contributed by atoms with Crippen molar-refractivity contribution in [3.05, 3.63) is 47.9 Å². The first-order chi connectivity index (χ1) is 11.1. The number of hydrogen-bond acceptors (Lipinski definition) is 4. The van der Waals surface area contributed by atoms with Crippen LogP contribution in [0, 0.1) is 6.92 Å². The molecule has 0 atom stereocenters. The van der Waals surface area contributed by atoms with E-state index in [1.54, 1.807) is 7.11 Å². The molecule has 0 bridgehead atoms. The van der Waals surface area contributed by atoms with Gasteiger partial charge in [-0.15, -0.1) is 0 Å². The Balaban J connectivity index is 2.01. The zero-order valence-electron chi connectivity index (χ0n) is 14.1. The number of aryl methyl sites for hydroxylation is 2. The summed E-state index contributed by atoms with van der Waals surface area (Å²) in [6.07, 6.45) is 4.02. The molecule has 2 heterocycles. The molecule has 0 amide bonds. The lowest BCUT2D eigenvalue weighted by atomic mass is 10.1. The standard InChI is InChI=1S/C18H22N4O/c1-5-22-12-14(10-19-22)11-21(3)16-9-13(2)20-18-15(16)7-6-8-17(18)23-4/h6-10,12H,5,11H2,1-4H3. The molecule has 3 rings (SSSR count). The number of benzene rings is 1. The van der Waals surface area contributed by atoms with Crippen LogP contribution in [-0.4, -0.2) is 28.9 Å². The van der Waals surface area contributed by atoms with Crippen LogP contribution >= 0.6 is 0 Å². The largest absolute Gasteiger partial charge is 0.494 e. The van der Waals surface area contributed by atoms with Gasteiger partial charge in [-0.3, -0.25) is 4.68 Å².